The largest absolute Gasteiger partial charge is 0.623 e. The first kappa shape index (κ1) is 20.2. The number of fused-ring (bicyclic) bond motifs is 1. The van der Waals surface area contributed by atoms with Crippen LogP contribution in [0.5, 0.6) is 0 Å². The van der Waals surface area contributed by atoms with Gasteiger partial charge in [0.15, 0.2) is 5.84 Å². The highest BCUT2D eigenvalue weighted by Crippen LogP contribution is 2.29. The van der Waals surface area contributed by atoms with Crippen LogP contribution in [0.1, 0.15) is 18.1 Å². The lowest BCUT2D eigenvalue weighted by atomic mass is 10.00. The maximum atomic E-state index is 14.4. The van der Waals surface area contributed by atoms with Gasteiger partial charge in [0.25, 0.3) is 0 Å². The number of aliphatic imine (C=N–C) groups is 1. The lowest BCUT2D eigenvalue weighted by Crippen LogP contribution is -2.39. The zero-order valence-electron chi connectivity index (χ0n) is 14.2. The Morgan fingerprint density at radius 2 is 1.96 bits per heavy atom. The molecule has 8 heteroatoms. The SMILES string of the molecule is CC(O)N(C)C1=Nc2ccc(Cl)cc2C(c2ccccc2F)=[N+]([O-])C1.Cl. The summed E-state index contributed by atoms with van der Waals surface area (Å²) in [6, 6.07) is 11.0. The molecule has 0 bridgehead atoms. The van der Waals surface area contributed by atoms with Crippen molar-refractivity contribution >= 4 is 41.2 Å². The van der Waals surface area contributed by atoms with Crippen LogP contribution < -0.4 is 0 Å². The van der Waals surface area contributed by atoms with Crippen LogP contribution in [0.4, 0.5) is 10.1 Å². The van der Waals surface area contributed by atoms with E-state index in [-0.39, 0.29) is 30.2 Å². The number of nitrogens with zero attached hydrogens (tertiary/aromatic N) is 3. The van der Waals surface area contributed by atoms with Crippen molar-refractivity contribution in [1.29, 1.82) is 0 Å². The molecule has 1 N–H and O–H groups in total. The summed E-state index contributed by atoms with van der Waals surface area (Å²) in [7, 11) is 1.64. The molecule has 1 unspecified atom stereocenters. The van der Waals surface area contributed by atoms with Gasteiger partial charge in [-0.15, -0.1) is 12.4 Å². The molecule has 138 valence electrons. The van der Waals surface area contributed by atoms with Gasteiger partial charge < -0.3 is 15.2 Å². The van der Waals surface area contributed by atoms with Crippen molar-refractivity contribution in [3.05, 3.63) is 69.6 Å². The molecule has 26 heavy (non-hydrogen) atoms. The third-order valence-electron chi connectivity index (χ3n) is 4.09. The predicted octanol–water partition coefficient (Wildman–Crippen LogP) is 3.56. The summed E-state index contributed by atoms with van der Waals surface area (Å²) in [5, 5.41) is 23.1. The van der Waals surface area contributed by atoms with E-state index in [1.54, 1.807) is 50.4 Å². The van der Waals surface area contributed by atoms with Crippen LogP contribution >= 0.6 is 24.0 Å². The second-order valence-electron chi connectivity index (χ2n) is 5.80. The van der Waals surface area contributed by atoms with E-state index in [9.17, 15) is 14.7 Å². The van der Waals surface area contributed by atoms with Gasteiger partial charge >= 0.3 is 0 Å². The van der Waals surface area contributed by atoms with E-state index in [2.05, 4.69) is 4.99 Å². The van der Waals surface area contributed by atoms with Crippen LogP contribution in [-0.4, -0.2) is 46.1 Å². The van der Waals surface area contributed by atoms with E-state index in [0.29, 0.717) is 26.8 Å². The molecule has 0 fully saturated rings. The zero-order valence-corrected chi connectivity index (χ0v) is 15.8. The third kappa shape index (κ3) is 3.82. The first-order valence-corrected chi connectivity index (χ1v) is 8.11. The Morgan fingerprint density at radius 1 is 1.27 bits per heavy atom. The fraction of sp³-hybridized carbons (Fsp3) is 0.222. The molecular weight excluding hydrogens is 380 g/mol. The normalized spacial score (nSPS) is 14.7. The first-order chi connectivity index (χ1) is 11.9. The number of aliphatic hydroxyl groups is 1. The summed E-state index contributed by atoms with van der Waals surface area (Å²) in [6.07, 6.45) is -0.821. The molecule has 0 saturated carbocycles. The Hall–Kier alpha value is -2.15. The van der Waals surface area contributed by atoms with Crippen molar-refractivity contribution in [2.24, 2.45) is 4.99 Å². The van der Waals surface area contributed by atoms with E-state index < -0.39 is 12.0 Å². The molecule has 2 aromatic rings. The zero-order chi connectivity index (χ0) is 18.1. The van der Waals surface area contributed by atoms with Gasteiger partial charge in [0.05, 0.1) is 16.8 Å². The number of aliphatic hydroxyl groups excluding tert-OH is 1. The van der Waals surface area contributed by atoms with Crippen LogP contribution in [0.3, 0.4) is 0 Å². The number of hydrogen-bond donors (Lipinski definition) is 1. The first-order valence-electron chi connectivity index (χ1n) is 7.73. The Morgan fingerprint density at radius 3 is 2.62 bits per heavy atom. The molecule has 1 aliphatic rings. The van der Waals surface area contributed by atoms with Crippen molar-refractivity contribution in [1.82, 2.24) is 4.90 Å². The summed E-state index contributed by atoms with van der Waals surface area (Å²) in [6.45, 7) is 1.45. The molecule has 5 nitrogen and oxygen atoms in total. The average molecular weight is 398 g/mol. The molecule has 1 heterocycles. The molecular formula is C18H18Cl2FN3O2. The van der Waals surface area contributed by atoms with Crippen molar-refractivity contribution in [2.45, 2.75) is 13.2 Å². The van der Waals surface area contributed by atoms with E-state index >= 15 is 0 Å². The molecule has 1 aliphatic heterocycles. The van der Waals surface area contributed by atoms with Gasteiger partial charge in [0.2, 0.25) is 12.3 Å². The minimum absolute atomic E-state index is 0. The Bertz CT molecular complexity index is 884. The fourth-order valence-corrected chi connectivity index (χ4v) is 2.82. The molecule has 0 saturated heterocycles. The maximum Gasteiger partial charge on any atom is 0.231 e. The van der Waals surface area contributed by atoms with Crippen molar-refractivity contribution < 1.29 is 14.2 Å². The van der Waals surface area contributed by atoms with Gasteiger partial charge in [-0.05, 0) is 37.3 Å². The number of amidine groups is 1. The number of likely N-dealkylation sites (N-methyl/N-ethyl adjacent to an activating group) is 1. The molecule has 0 spiro atoms. The number of halogens is 3. The van der Waals surface area contributed by atoms with Gasteiger partial charge in [-0.2, -0.15) is 4.74 Å². The topological polar surface area (TPSA) is 61.9 Å². The lowest BCUT2D eigenvalue weighted by molar-refractivity contribution is -0.440. The molecule has 0 amide bonds. The van der Waals surface area contributed by atoms with Gasteiger partial charge in [-0.1, -0.05) is 23.7 Å². The van der Waals surface area contributed by atoms with Crippen molar-refractivity contribution in [3.63, 3.8) is 0 Å². The van der Waals surface area contributed by atoms with Crippen LogP contribution in [0.15, 0.2) is 47.5 Å². The predicted molar refractivity (Wildman–Crippen MR) is 103 cm³/mol. The van der Waals surface area contributed by atoms with E-state index in [0.717, 1.165) is 0 Å². The summed E-state index contributed by atoms with van der Waals surface area (Å²) >= 11 is 6.09. The lowest BCUT2D eigenvalue weighted by Gasteiger charge is -2.22. The van der Waals surface area contributed by atoms with Gasteiger partial charge in [0.1, 0.15) is 12.0 Å². The minimum Gasteiger partial charge on any atom is -0.623 e. The van der Waals surface area contributed by atoms with E-state index in [1.807, 2.05) is 0 Å². The molecule has 2 aromatic carbocycles. The molecule has 1 atom stereocenters. The monoisotopic (exact) mass is 397 g/mol. The number of benzene rings is 2. The highest BCUT2D eigenvalue weighted by molar-refractivity contribution is 6.31. The third-order valence-corrected chi connectivity index (χ3v) is 4.33. The van der Waals surface area contributed by atoms with Gasteiger partial charge in [-0.25, -0.2) is 9.38 Å². The molecule has 0 aliphatic carbocycles. The molecule has 0 radical (unpaired) electrons. The van der Waals surface area contributed by atoms with Crippen LogP contribution in [0.25, 0.3) is 0 Å². The minimum atomic E-state index is -0.821. The highest BCUT2D eigenvalue weighted by atomic mass is 35.5. The second-order valence-corrected chi connectivity index (χ2v) is 6.23. The van der Waals surface area contributed by atoms with Gasteiger partial charge in [-0.3, -0.25) is 0 Å². The summed E-state index contributed by atoms with van der Waals surface area (Å²) in [5.41, 5.74) is 1.27. The smallest absolute Gasteiger partial charge is 0.231 e. The standard InChI is InChI=1S/C18H17ClFN3O2.ClH/c1-11(24)22(2)17-10-23(25)18(13-5-3-4-6-15(13)20)14-9-12(19)7-8-16(14)21-17;/h3-9,11,24H,10H2,1-2H3;1H. The van der Waals surface area contributed by atoms with E-state index in [4.69, 9.17) is 11.6 Å². The highest BCUT2D eigenvalue weighted by Gasteiger charge is 2.28. The van der Waals surface area contributed by atoms with Crippen LogP contribution in [-0.2, 0) is 0 Å². The Balaban J connectivity index is 0.00000243. The van der Waals surface area contributed by atoms with Crippen LogP contribution in [0.2, 0.25) is 5.02 Å². The Labute approximate surface area is 162 Å². The quantitative estimate of drug-likeness (QED) is 0.478. The fourth-order valence-electron chi connectivity index (χ4n) is 2.65. The number of hydrogen-bond acceptors (Lipinski definition) is 4. The Kier molecular flexibility index (Phi) is 6.23. The van der Waals surface area contributed by atoms with E-state index in [1.165, 1.54) is 11.0 Å². The average Bonchev–Trinajstić information content (AvgIpc) is 2.70. The van der Waals surface area contributed by atoms with Gasteiger partial charge in [0, 0.05) is 12.1 Å². The van der Waals surface area contributed by atoms with Crippen LogP contribution in [0, 0.1) is 11.0 Å². The summed E-state index contributed by atoms with van der Waals surface area (Å²) in [5.74, 6) is -0.128. The number of hydroxylamine groups is 1. The molecule has 3 rings (SSSR count). The molecule has 0 aromatic heterocycles. The summed E-state index contributed by atoms with van der Waals surface area (Å²) < 4.78 is 15.0. The number of rotatable bonds is 2. The second kappa shape index (κ2) is 8.03. The van der Waals surface area contributed by atoms with Crippen molar-refractivity contribution in [2.75, 3.05) is 13.6 Å². The maximum absolute atomic E-state index is 14.4. The summed E-state index contributed by atoms with van der Waals surface area (Å²) in [4.78, 5) is 5.99. The van der Waals surface area contributed by atoms with Crippen molar-refractivity contribution in [3.8, 4) is 0 Å².